The summed E-state index contributed by atoms with van der Waals surface area (Å²) in [6, 6.07) is 17.8. The van der Waals surface area contributed by atoms with Gasteiger partial charge in [-0.15, -0.1) is 0 Å². The second kappa shape index (κ2) is 15.4. The lowest BCUT2D eigenvalue weighted by Gasteiger charge is -2.43. The van der Waals surface area contributed by atoms with E-state index in [2.05, 4.69) is 53.5 Å². The lowest BCUT2D eigenvalue weighted by atomic mass is 9.85. The van der Waals surface area contributed by atoms with Crippen LogP contribution in [0.4, 0.5) is 32.0 Å². The van der Waals surface area contributed by atoms with Crippen molar-refractivity contribution in [2.45, 2.75) is 30.7 Å². The van der Waals surface area contributed by atoms with Crippen LogP contribution in [0.2, 0.25) is 0 Å². The van der Waals surface area contributed by atoms with E-state index in [0.717, 1.165) is 53.5 Å². The van der Waals surface area contributed by atoms with Gasteiger partial charge in [0.15, 0.2) is 0 Å². The Kier molecular flexibility index (Phi) is 12.1. The molecule has 2 aromatic carbocycles. The van der Waals surface area contributed by atoms with Gasteiger partial charge in [0.05, 0.1) is 17.7 Å². The Bertz CT molecular complexity index is 1560. The van der Waals surface area contributed by atoms with Crippen LogP contribution >= 0.6 is 15.9 Å². The first-order valence-electron chi connectivity index (χ1n) is 13.7. The van der Waals surface area contributed by atoms with E-state index in [1.807, 2.05) is 42.5 Å². The first kappa shape index (κ1) is 37.0. The largest absolute Gasteiger partial charge is 0.490 e. The number of amides is 2. The molecule has 3 heterocycles. The Morgan fingerprint density at radius 2 is 1.49 bits per heavy atom. The Balaban J connectivity index is 0.000000360. The number of hydrogen-bond donors (Lipinski definition) is 4. The van der Waals surface area contributed by atoms with Crippen molar-refractivity contribution >= 4 is 56.3 Å². The van der Waals surface area contributed by atoms with E-state index in [0.29, 0.717) is 18.8 Å². The van der Waals surface area contributed by atoms with Crippen LogP contribution < -0.4 is 15.5 Å². The predicted molar refractivity (Wildman–Crippen MR) is 159 cm³/mol. The van der Waals surface area contributed by atoms with Gasteiger partial charge in [0.25, 0.3) is 5.91 Å². The molecule has 18 heteroatoms. The standard InChI is InChI=1S/C25H26BrN5O2.2C2HF3O2/c26-20-5-7-21(8-6-20)31-17-29-24(33)25(31)9-12-30(13-10-25)14-11-27-23(32)19-15-18-3-1-2-4-22(18)28-16-19;2*3-2(4,5)1(6)7/h1-8,15-16H,9-14,17H2,(H,27,32)(H,29,33);2*(H,6,7). The number of carboxylic acid groups (broad SMARTS) is 2. The maximum absolute atomic E-state index is 12.8. The van der Waals surface area contributed by atoms with Crippen molar-refractivity contribution in [1.29, 1.82) is 0 Å². The number of pyridine rings is 1. The number of hydrogen-bond acceptors (Lipinski definition) is 7. The van der Waals surface area contributed by atoms with Gasteiger partial charge in [-0.25, -0.2) is 9.59 Å². The molecule has 2 amide bonds. The van der Waals surface area contributed by atoms with Crippen LogP contribution in [0.15, 0.2) is 65.3 Å². The molecular formula is C29H28BrF6N5O6. The number of aliphatic carboxylic acids is 2. The summed E-state index contributed by atoms with van der Waals surface area (Å²) in [6.07, 6.45) is -7.02. The summed E-state index contributed by atoms with van der Waals surface area (Å²) in [4.78, 5) is 52.1. The molecule has 2 fully saturated rings. The number of fused-ring (bicyclic) bond motifs is 1. The normalized spacial score (nSPS) is 16.0. The second-order valence-electron chi connectivity index (χ2n) is 10.2. The third-order valence-electron chi connectivity index (χ3n) is 7.21. The van der Waals surface area contributed by atoms with Gasteiger partial charge in [0.2, 0.25) is 5.91 Å². The average Bonchev–Trinajstić information content (AvgIpc) is 3.32. The molecular weight excluding hydrogens is 708 g/mol. The number of likely N-dealkylation sites (tertiary alicyclic amines) is 1. The zero-order valence-corrected chi connectivity index (χ0v) is 25.8. The Morgan fingerprint density at radius 3 is 2.04 bits per heavy atom. The molecule has 0 bridgehead atoms. The minimum absolute atomic E-state index is 0.113. The highest BCUT2D eigenvalue weighted by Gasteiger charge is 2.50. The Morgan fingerprint density at radius 1 is 0.936 bits per heavy atom. The number of anilines is 1. The first-order valence-corrected chi connectivity index (χ1v) is 14.5. The van der Waals surface area contributed by atoms with Crippen molar-refractivity contribution < 1.29 is 55.7 Å². The third kappa shape index (κ3) is 10.0. The smallest absolute Gasteiger partial charge is 0.475 e. The summed E-state index contributed by atoms with van der Waals surface area (Å²) in [5.74, 6) is -5.51. The second-order valence-corrected chi connectivity index (χ2v) is 11.1. The van der Waals surface area contributed by atoms with Crippen LogP contribution in [0, 0.1) is 0 Å². The van der Waals surface area contributed by atoms with Gasteiger partial charge in [-0.1, -0.05) is 34.1 Å². The zero-order chi connectivity index (χ0) is 35.0. The fraction of sp³-hybridized carbons (Fsp3) is 0.345. The van der Waals surface area contributed by atoms with E-state index in [4.69, 9.17) is 19.8 Å². The summed E-state index contributed by atoms with van der Waals surface area (Å²) >= 11 is 3.48. The number of benzene rings is 2. The molecule has 2 aliphatic rings. The highest BCUT2D eigenvalue weighted by Crippen LogP contribution is 2.36. The summed E-state index contributed by atoms with van der Waals surface area (Å²) in [5, 5.41) is 21.3. The van der Waals surface area contributed by atoms with E-state index in [1.165, 1.54) is 0 Å². The molecule has 3 aromatic rings. The van der Waals surface area contributed by atoms with E-state index >= 15 is 0 Å². The molecule has 1 aromatic heterocycles. The number of rotatable bonds is 5. The number of carbonyl (C=O) groups is 4. The number of halogens is 7. The van der Waals surface area contributed by atoms with Crippen molar-refractivity contribution in [2.24, 2.45) is 0 Å². The van der Waals surface area contributed by atoms with E-state index in [-0.39, 0.29) is 11.8 Å². The number of carbonyl (C=O) groups excluding carboxylic acids is 2. The minimum atomic E-state index is -5.08. The monoisotopic (exact) mass is 735 g/mol. The maximum atomic E-state index is 12.8. The molecule has 0 radical (unpaired) electrons. The third-order valence-corrected chi connectivity index (χ3v) is 7.74. The van der Waals surface area contributed by atoms with Crippen molar-refractivity contribution in [3.63, 3.8) is 0 Å². The molecule has 1 spiro atoms. The lowest BCUT2D eigenvalue weighted by Crippen LogP contribution is -2.57. The quantitative estimate of drug-likeness (QED) is 0.279. The van der Waals surface area contributed by atoms with E-state index in [9.17, 15) is 35.9 Å². The number of carboxylic acids is 2. The molecule has 0 unspecified atom stereocenters. The summed E-state index contributed by atoms with van der Waals surface area (Å²) in [7, 11) is 0. The average molecular weight is 736 g/mol. The van der Waals surface area contributed by atoms with Gasteiger partial charge in [-0.2, -0.15) is 26.3 Å². The topological polar surface area (TPSA) is 152 Å². The van der Waals surface area contributed by atoms with Crippen LogP contribution in [0.1, 0.15) is 23.2 Å². The molecule has 0 saturated carbocycles. The fourth-order valence-corrected chi connectivity index (χ4v) is 5.08. The van der Waals surface area contributed by atoms with Crippen molar-refractivity contribution in [3.05, 3.63) is 70.8 Å². The van der Waals surface area contributed by atoms with Crippen LogP contribution in [0.25, 0.3) is 10.9 Å². The number of para-hydroxylation sites is 1. The number of alkyl halides is 6. The fourth-order valence-electron chi connectivity index (χ4n) is 4.82. The van der Waals surface area contributed by atoms with Crippen LogP contribution in [0.3, 0.4) is 0 Å². The van der Waals surface area contributed by atoms with Crippen molar-refractivity contribution in [1.82, 2.24) is 20.5 Å². The van der Waals surface area contributed by atoms with Crippen LogP contribution in [-0.2, 0) is 14.4 Å². The van der Waals surface area contributed by atoms with Gasteiger partial charge in [0, 0.05) is 47.9 Å². The van der Waals surface area contributed by atoms with Gasteiger partial charge < -0.3 is 30.6 Å². The van der Waals surface area contributed by atoms with Crippen LogP contribution in [0.5, 0.6) is 0 Å². The molecule has 254 valence electrons. The Hall–Kier alpha value is -4.45. The van der Waals surface area contributed by atoms with Crippen molar-refractivity contribution in [2.75, 3.05) is 37.7 Å². The van der Waals surface area contributed by atoms with Gasteiger partial charge in [-0.3, -0.25) is 14.6 Å². The summed E-state index contributed by atoms with van der Waals surface area (Å²) in [5.41, 5.74) is 2.01. The number of piperidine rings is 1. The summed E-state index contributed by atoms with van der Waals surface area (Å²) < 4.78 is 64.5. The van der Waals surface area contributed by atoms with Gasteiger partial charge in [0.1, 0.15) is 5.54 Å². The molecule has 0 atom stereocenters. The van der Waals surface area contributed by atoms with Gasteiger partial charge in [-0.05, 0) is 49.2 Å². The van der Waals surface area contributed by atoms with E-state index in [1.54, 1.807) is 6.20 Å². The van der Waals surface area contributed by atoms with Gasteiger partial charge >= 0.3 is 24.3 Å². The molecule has 4 N–H and O–H groups in total. The zero-order valence-electron chi connectivity index (χ0n) is 24.2. The number of aromatic nitrogens is 1. The lowest BCUT2D eigenvalue weighted by molar-refractivity contribution is -0.193. The minimum Gasteiger partial charge on any atom is -0.475 e. The maximum Gasteiger partial charge on any atom is 0.490 e. The molecule has 5 rings (SSSR count). The molecule has 2 aliphatic heterocycles. The summed E-state index contributed by atoms with van der Waals surface area (Å²) in [6.45, 7) is 3.47. The molecule has 2 saturated heterocycles. The highest BCUT2D eigenvalue weighted by molar-refractivity contribution is 9.10. The van der Waals surface area contributed by atoms with Crippen molar-refractivity contribution in [3.8, 4) is 0 Å². The molecule has 0 aliphatic carbocycles. The predicted octanol–water partition coefficient (Wildman–Crippen LogP) is 4.42. The highest BCUT2D eigenvalue weighted by atomic mass is 79.9. The van der Waals surface area contributed by atoms with Crippen LogP contribution in [-0.4, -0.2) is 94.6 Å². The molecule has 47 heavy (non-hydrogen) atoms. The first-order chi connectivity index (χ1) is 21.9. The molecule has 11 nitrogen and oxygen atoms in total. The SMILES string of the molecule is O=C(NCCN1CCC2(CC1)C(=O)NCN2c1ccc(Br)cc1)c1cnc2ccccc2c1.O=C(O)C(F)(F)F.O=C(O)C(F)(F)F. The Labute approximate surface area is 271 Å². The number of nitrogens with one attached hydrogen (secondary N) is 2. The number of nitrogens with zero attached hydrogens (tertiary/aromatic N) is 3. The van der Waals surface area contributed by atoms with E-state index < -0.39 is 29.8 Å².